The Labute approximate surface area is 245 Å². The summed E-state index contributed by atoms with van der Waals surface area (Å²) < 4.78 is 11.5. The van der Waals surface area contributed by atoms with Crippen molar-refractivity contribution in [2.75, 3.05) is 7.05 Å². The standard InChI is InChI=1S/C33H48N4O4/c1-22(2)36(7)33(39)29(17-26-13-15-27(16-14-26)20-37(23(3)4)24(5)6)35-31(38)19-28(34)30-21-40-32(41-30)18-25-11-9-8-10-12-25/h8-16,21-24,28-29,32H,17-20,34H2,1-7H3,(H,35,38)/t28?,29-,32?/m1/s1. The molecular formula is C33H48N4O4. The summed E-state index contributed by atoms with van der Waals surface area (Å²) in [6, 6.07) is 17.7. The van der Waals surface area contributed by atoms with Crippen molar-refractivity contribution in [1.82, 2.24) is 15.1 Å². The zero-order valence-corrected chi connectivity index (χ0v) is 25.7. The lowest BCUT2D eigenvalue weighted by Gasteiger charge is -2.30. The van der Waals surface area contributed by atoms with Crippen LogP contribution in [0.25, 0.3) is 0 Å². The number of nitrogens with zero attached hydrogens (tertiary/aromatic N) is 2. The van der Waals surface area contributed by atoms with Crippen molar-refractivity contribution in [3.63, 3.8) is 0 Å². The van der Waals surface area contributed by atoms with Crippen molar-refractivity contribution < 1.29 is 19.1 Å². The maximum Gasteiger partial charge on any atom is 0.245 e. The van der Waals surface area contributed by atoms with Crippen LogP contribution in [0.3, 0.4) is 0 Å². The van der Waals surface area contributed by atoms with E-state index in [1.165, 1.54) is 11.8 Å². The molecule has 0 aliphatic carbocycles. The SMILES string of the molecule is CC(C)N(C)C(=O)[C@@H](Cc1ccc(CN(C(C)C)C(C)C)cc1)NC(=O)CC(N)C1=COC(Cc2ccccc2)O1. The molecule has 224 valence electrons. The molecule has 41 heavy (non-hydrogen) atoms. The first kappa shape index (κ1) is 32.2. The third-order valence-corrected chi connectivity index (χ3v) is 7.53. The second-order valence-electron chi connectivity index (χ2n) is 11.7. The molecule has 8 heteroatoms. The third-order valence-electron chi connectivity index (χ3n) is 7.53. The molecule has 0 saturated carbocycles. The Morgan fingerprint density at radius 1 is 0.878 bits per heavy atom. The molecule has 8 nitrogen and oxygen atoms in total. The van der Waals surface area contributed by atoms with Crippen LogP contribution in [0.2, 0.25) is 0 Å². The van der Waals surface area contributed by atoms with E-state index in [9.17, 15) is 9.59 Å². The van der Waals surface area contributed by atoms with Gasteiger partial charge in [-0.25, -0.2) is 0 Å². The number of rotatable bonds is 14. The molecule has 3 rings (SSSR count). The lowest BCUT2D eigenvalue weighted by molar-refractivity contribution is -0.136. The molecule has 1 aliphatic rings. The van der Waals surface area contributed by atoms with E-state index in [1.807, 2.05) is 56.3 Å². The van der Waals surface area contributed by atoms with Gasteiger partial charge in [-0.2, -0.15) is 0 Å². The van der Waals surface area contributed by atoms with Gasteiger partial charge >= 0.3 is 0 Å². The van der Waals surface area contributed by atoms with E-state index in [-0.39, 0.29) is 24.3 Å². The summed E-state index contributed by atoms with van der Waals surface area (Å²) in [5.74, 6) is -0.0276. The first-order valence-corrected chi connectivity index (χ1v) is 14.7. The van der Waals surface area contributed by atoms with Crippen LogP contribution in [0.4, 0.5) is 0 Å². The summed E-state index contributed by atoms with van der Waals surface area (Å²) in [6.07, 6.45) is 1.94. The Kier molecular flexibility index (Phi) is 11.8. The van der Waals surface area contributed by atoms with E-state index >= 15 is 0 Å². The predicted octanol–water partition coefficient (Wildman–Crippen LogP) is 4.37. The quantitative estimate of drug-likeness (QED) is 0.354. The summed E-state index contributed by atoms with van der Waals surface area (Å²) >= 11 is 0. The molecule has 0 aromatic heterocycles. The number of hydrogen-bond acceptors (Lipinski definition) is 6. The number of benzene rings is 2. The number of likely N-dealkylation sites (N-methyl/N-ethyl adjacent to an activating group) is 1. The number of carbonyl (C=O) groups is 2. The zero-order chi connectivity index (χ0) is 30.1. The van der Waals surface area contributed by atoms with E-state index < -0.39 is 18.4 Å². The third kappa shape index (κ3) is 9.61. The van der Waals surface area contributed by atoms with Gasteiger partial charge < -0.3 is 25.4 Å². The summed E-state index contributed by atoms with van der Waals surface area (Å²) in [5.41, 5.74) is 9.59. The van der Waals surface area contributed by atoms with Gasteiger partial charge in [0.05, 0.1) is 6.04 Å². The van der Waals surface area contributed by atoms with Crippen LogP contribution < -0.4 is 11.1 Å². The van der Waals surface area contributed by atoms with Gasteiger partial charge in [0.1, 0.15) is 12.3 Å². The summed E-state index contributed by atoms with van der Waals surface area (Å²) in [6.45, 7) is 13.6. The van der Waals surface area contributed by atoms with Crippen molar-refractivity contribution in [2.24, 2.45) is 5.73 Å². The number of hydrogen-bond donors (Lipinski definition) is 2. The molecular weight excluding hydrogens is 516 g/mol. The average molecular weight is 565 g/mol. The van der Waals surface area contributed by atoms with Crippen molar-refractivity contribution in [2.45, 2.75) is 104 Å². The highest BCUT2D eigenvalue weighted by Crippen LogP contribution is 2.21. The molecule has 1 heterocycles. The minimum absolute atomic E-state index is 0.000302. The van der Waals surface area contributed by atoms with Crippen molar-refractivity contribution in [3.8, 4) is 0 Å². The first-order chi connectivity index (χ1) is 19.4. The second kappa shape index (κ2) is 15.0. The van der Waals surface area contributed by atoms with E-state index in [0.29, 0.717) is 30.7 Å². The number of carbonyl (C=O) groups excluding carboxylic acids is 2. The fraction of sp³-hybridized carbons (Fsp3) is 0.515. The lowest BCUT2D eigenvalue weighted by Crippen LogP contribution is -2.51. The molecule has 3 atom stereocenters. The minimum Gasteiger partial charge on any atom is -0.459 e. The molecule has 3 N–H and O–H groups in total. The second-order valence-corrected chi connectivity index (χ2v) is 11.7. The van der Waals surface area contributed by atoms with Crippen LogP contribution in [-0.2, 0) is 38.4 Å². The molecule has 0 radical (unpaired) electrons. The normalized spacial score (nSPS) is 16.4. The highest BCUT2D eigenvalue weighted by molar-refractivity contribution is 5.88. The zero-order valence-electron chi connectivity index (χ0n) is 25.7. The molecule has 2 amide bonds. The molecule has 2 unspecified atom stereocenters. The van der Waals surface area contributed by atoms with Crippen molar-refractivity contribution in [1.29, 1.82) is 0 Å². The fourth-order valence-electron chi connectivity index (χ4n) is 4.86. The van der Waals surface area contributed by atoms with Crippen LogP contribution in [0.15, 0.2) is 66.6 Å². The summed E-state index contributed by atoms with van der Waals surface area (Å²) in [7, 11) is 1.76. The number of nitrogens with one attached hydrogen (secondary N) is 1. The monoisotopic (exact) mass is 564 g/mol. The molecule has 1 aliphatic heterocycles. The maximum absolute atomic E-state index is 13.4. The number of ether oxygens (including phenoxy) is 2. The van der Waals surface area contributed by atoms with Crippen molar-refractivity contribution >= 4 is 11.8 Å². The van der Waals surface area contributed by atoms with Gasteiger partial charge in [-0.1, -0.05) is 54.6 Å². The molecule has 0 saturated heterocycles. The summed E-state index contributed by atoms with van der Waals surface area (Å²) in [4.78, 5) is 30.5. The average Bonchev–Trinajstić information content (AvgIpc) is 3.40. The van der Waals surface area contributed by atoms with Gasteiger partial charge in [0.25, 0.3) is 0 Å². The van der Waals surface area contributed by atoms with Crippen LogP contribution in [0.1, 0.15) is 64.7 Å². The van der Waals surface area contributed by atoms with Crippen LogP contribution in [0, 0.1) is 0 Å². The van der Waals surface area contributed by atoms with Crippen LogP contribution in [0.5, 0.6) is 0 Å². The predicted molar refractivity (Wildman–Crippen MR) is 163 cm³/mol. The Hall–Kier alpha value is -3.36. The minimum atomic E-state index is -0.712. The van der Waals surface area contributed by atoms with Gasteiger partial charge in [0, 0.05) is 51.0 Å². The Balaban J connectivity index is 1.61. The maximum atomic E-state index is 13.4. The van der Waals surface area contributed by atoms with Crippen molar-refractivity contribution in [3.05, 3.63) is 83.3 Å². The number of nitrogens with two attached hydrogens (primary N) is 1. The Morgan fingerprint density at radius 3 is 2.07 bits per heavy atom. The van der Waals surface area contributed by atoms with Gasteiger partial charge in [-0.05, 0) is 58.2 Å². The highest BCUT2D eigenvalue weighted by Gasteiger charge is 2.29. The molecule has 2 aromatic carbocycles. The highest BCUT2D eigenvalue weighted by atomic mass is 16.7. The fourth-order valence-corrected chi connectivity index (χ4v) is 4.86. The van der Waals surface area contributed by atoms with Crippen LogP contribution >= 0.6 is 0 Å². The van der Waals surface area contributed by atoms with Gasteiger partial charge in [0.15, 0.2) is 5.76 Å². The smallest absolute Gasteiger partial charge is 0.245 e. The largest absolute Gasteiger partial charge is 0.459 e. The van der Waals surface area contributed by atoms with Gasteiger partial charge in [-0.3, -0.25) is 14.5 Å². The lowest BCUT2D eigenvalue weighted by atomic mass is 10.0. The van der Waals surface area contributed by atoms with E-state index in [1.54, 1.807) is 11.9 Å². The molecule has 0 bridgehead atoms. The first-order valence-electron chi connectivity index (χ1n) is 14.7. The molecule has 0 fully saturated rings. The molecule has 0 spiro atoms. The number of amides is 2. The van der Waals surface area contributed by atoms with E-state index in [4.69, 9.17) is 15.2 Å². The van der Waals surface area contributed by atoms with Gasteiger partial charge in [0.2, 0.25) is 18.1 Å². The molecule has 2 aromatic rings. The topological polar surface area (TPSA) is 97.1 Å². The van der Waals surface area contributed by atoms with E-state index in [0.717, 1.165) is 17.7 Å². The summed E-state index contributed by atoms with van der Waals surface area (Å²) in [5, 5.41) is 2.94. The van der Waals surface area contributed by atoms with Crippen LogP contribution in [-0.4, -0.2) is 65.2 Å². The Morgan fingerprint density at radius 2 is 1.49 bits per heavy atom. The van der Waals surface area contributed by atoms with Gasteiger partial charge in [-0.15, -0.1) is 0 Å². The van der Waals surface area contributed by atoms with E-state index in [2.05, 4.69) is 50.0 Å². The Bertz CT molecular complexity index is 1140.